The minimum atomic E-state index is -4.67. The van der Waals surface area contributed by atoms with Gasteiger partial charge in [0.15, 0.2) is 6.61 Å². The monoisotopic (exact) mass is 537 g/mol. The zero-order valence-corrected chi connectivity index (χ0v) is 19.2. The Balaban J connectivity index is 1.52. The number of hydrogen-bond acceptors (Lipinski definition) is 6. The molecule has 1 heterocycles. The van der Waals surface area contributed by atoms with Crippen molar-refractivity contribution in [2.45, 2.75) is 18.9 Å². The fraction of sp³-hybridized carbons (Fsp3) is 0.160. The average molecular weight is 537 g/mol. The van der Waals surface area contributed by atoms with Gasteiger partial charge >= 0.3 is 18.4 Å². The Morgan fingerprint density at radius 1 is 0.737 bits per heavy atom. The van der Waals surface area contributed by atoms with Gasteiger partial charge in [-0.2, -0.15) is 41.3 Å². The second-order valence-electron chi connectivity index (χ2n) is 7.93. The molecule has 0 spiro atoms. The number of ether oxygens (including phenoxy) is 1. The van der Waals surface area contributed by atoms with Gasteiger partial charge in [0.05, 0.1) is 5.56 Å². The van der Waals surface area contributed by atoms with Crippen molar-refractivity contribution >= 4 is 17.6 Å². The van der Waals surface area contributed by atoms with Gasteiger partial charge < -0.3 is 15.4 Å². The smallest absolute Gasteiger partial charge is 0.422 e. The zero-order chi connectivity index (χ0) is 27.3. The Hall–Kier alpha value is -4.42. The number of rotatable bonds is 8. The van der Waals surface area contributed by atoms with E-state index >= 15 is 0 Å². The minimum Gasteiger partial charge on any atom is -0.454 e. The van der Waals surface area contributed by atoms with Crippen LogP contribution in [0.4, 0.5) is 48.3 Å². The molecule has 0 aliphatic carbocycles. The molecule has 2 N–H and O–H groups in total. The summed E-state index contributed by atoms with van der Waals surface area (Å²) in [7, 11) is 0. The number of nitrogens with zero attached hydrogens (tertiary/aromatic N) is 3. The lowest BCUT2D eigenvalue weighted by Gasteiger charge is -2.13. The molecule has 4 rings (SSSR count). The third-order valence-electron chi connectivity index (χ3n) is 4.99. The van der Waals surface area contributed by atoms with E-state index in [1.165, 1.54) is 18.2 Å². The highest BCUT2D eigenvalue weighted by atomic mass is 19.4. The van der Waals surface area contributed by atoms with Crippen LogP contribution in [-0.4, -0.2) is 27.7 Å². The third-order valence-corrected chi connectivity index (χ3v) is 4.99. The molecule has 0 saturated heterocycles. The molecule has 13 heteroatoms. The highest BCUT2D eigenvalue weighted by Gasteiger charge is 2.31. The van der Waals surface area contributed by atoms with Crippen LogP contribution in [-0.2, 0) is 12.7 Å². The molecule has 198 valence electrons. The maximum absolute atomic E-state index is 13.5. The van der Waals surface area contributed by atoms with E-state index in [2.05, 4.69) is 30.3 Å². The highest BCUT2D eigenvalue weighted by molar-refractivity contribution is 5.63. The van der Waals surface area contributed by atoms with E-state index in [9.17, 15) is 30.7 Å². The molecule has 3 aromatic carbocycles. The molecule has 0 radical (unpaired) electrons. The molecule has 0 unspecified atom stereocenters. The summed E-state index contributed by atoms with van der Waals surface area (Å²) in [4.78, 5) is 11.6. The van der Waals surface area contributed by atoms with E-state index in [1.54, 1.807) is 36.4 Å². The van der Waals surface area contributed by atoms with Gasteiger partial charge in [0.1, 0.15) is 5.82 Å². The lowest BCUT2D eigenvalue weighted by Crippen LogP contribution is -2.21. The Labute approximate surface area is 211 Å². The van der Waals surface area contributed by atoms with Gasteiger partial charge in [-0.3, -0.25) is 0 Å². The van der Waals surface area contributed by atoms with Crippen LogP contribution in [0, 0.1) is 5.82 Å². The first kappa shape index (κ1) is 26.6. The second kappa shape index (κ2) is 10.9. The normalized spacial score (nSPS) is 11.8. The maximum Gasteiger partial charge on any atom is 0.422 e. The Bertz CT molecular complexity index is 1390. The van der Waals surface area contributed by atoms with E-state index in [-0.39, 0.29) is 29.9 Å². The van der Waals surface area contributed by atoms with Crippen molar-refractivity contribution in [1.82, 2.24) is 15.0 Å². The van der Waals surface area contributed by atoms with Crippen molar-refractivity contribution in [3.63, 3.8) is 0 Å². The first-order chi connectivity index (χ1) is 17.9. The minimum absolute atomic E-state index is 0.0494. The third kappa shape index (κ3) is 7.54. The largest absolute Gasteiger partial charge is 0.454 e. The molecular formula is C25H18F7N5O. The van der Waals surface area contributed by atoms with E-state index in [4.69, 9.17) is 0 Å². The summed E-state index contributed by atoms with van der Waals surface area (Å²) in [6.07, 6.45) is -9.27. The van der Waals surface area contributed by atoms with Crippen LogP contribution < -0.4 is 15.4 Å². The van der Waals surface area contributed by atoms with Crippen molar-refractivity contribution in [1.29, 1.82) is 0 Å². The van der Waals surface area contributed by atoms with Gasteiger partial charge in [0.25, 0.3) is 0 Å². The molecule has 6 nitrogen and oxygen atoms in total. The summed E-state index contributed by atoms with van der Waals surface area (Å²) in [5, 5.41) is 5.35. The Morgan fingerprint density at radius 3 is 2.13 bits per heavy atom. The van der Waals surface area contributed by atoms with Crippen LogP contribution >= 0.6 is 0 Å². The van der Waals surface area contributed by atoms with Gasteiger partial charge in [-0.25, -0.2) is 4.39 Å². The van der Waals surface area contributed by atoms with Crippen molar-refractivity contribution in [2.75, 3.05) is 17.2 Å². The number of alkyl halides is 6. The van der Waals surface area contributed by atoms with E-state index in [0.29, 0.717) is 5.56 Å². The Kier molecular flexibility index (Phi) is 7.65. The van der Waals surface area contributed by atoms with Crippen LogP contribution in [0.1, 0.15) is 11.1 Å². The van der Waals surface area contributed by atoms with Gasteiger partial charge in [-0.1, -0.05) is 42.5 Å². The Morgan fingerprint density at radius 2 is 1.45 bits per heavy atom. The SMILES string of the molecule is Fc1cccc(-c2ccc(CNc3nc(Nc4cccc(C(F)(F)F)c4)nc(OCC(F)(F)F)n3)cc2)c1. The summed E-state index contributed by atoms with van der Waals surface area (Å²) in [5.74, 6) is -0.887. The molecule has 0 bridgehead atoms. The number of anilines is 3. The van der Waals surface area contributed by atoms with Gasteiger partial charge in [-0.15, -0.1) is 0 Å². The fourth-order valence-electron chi connectivity index (χ4n) is 3.27. The zero-order valence-electron chi connectivity index (χ0n) is 19.2. The second-order valence-corrected chi connectivity index (χ2v) is 7.93. The number of halogens is 7. The molecular weight excluding hydrogens is 519 g/mol. The molecule has 38 heavy (non-hydrogen) atoms. The predicted molar refractivity (Wildman–Crippen MR) is 125 cm³/mol. The van der Waals surface area contributed by atoms with E-state index in [1.807, 2.05) is 0 Å². The van der Waals surface area contributed by atoms with Gasteiger partial charge in [0.2, 0.25) is 11.9 Å². The van der Waals surface area contributed by atoms with Crippen molar-refractivity contribution in [3.05, 3.63) is 89.7 Å². The quantitative estimate of drug-likeness (QED) is 0.236. The molecule has 0 aliphatic heterocycles. The lowest BCUT2D eigenvalue weighted by atomic mass is 10.0. The fourth-order valence-corrected chi connectivity index (χ4v) is 3.27. The molecule has 4 aromatic rings. The van der Waals surface area contributed by atoms with Crippen LogP contribution in [0.2, 0.25) is 0 Å². The molecule has 0 saturated carbocycles. The molecule has 0 atom stereocenters. The number of hydrogen-bond donors (Lipinski definition) is 2. The first-order valence-corrected chi connectivity index (χ1v) is 10.9. The van der Waals surface area contributed by atoms with Crippen LogP contribution in [0.25, 0.3) is 11.1 Å². The van der Waals surface area contributed by atoms with E-state index < -0.39 is 30.5 Å². The first-order valence-electron chi connectivity index (χ1n) is 10.9. The van der Waals surface area contributed by atoms with Crippen molar-refractivity contribution in [2.24, 2.45) is 0 Å². The number of nitrogens with one attached hydrogen (secondary N) is 2. The molecule has 0 aliphatic rings. The molecule has 1 aromatic heterocycles. The van der Waals surface area contributed by atoms with Gasteiger partial charge in [0, 0.05) is 12.2 Å². The topological polar surface area (TPSA) is 72.0 Å². The van der Waals surface area contributed by atoms with Crippen LogP contribution in [0.3, 0.4) is 0 Å². The summed E-state index contributed by atoms with van der Waals surface area (Å²) >= 11 is 0. The number of benzene rings is 3. The van der Waals surface area contributed by atoms with Crippen LogP contribution in [0.15, 0.2) is 72.8 Å². The van der Waals surface area contributed by atoms with Crippen molar-refractivity contribution in [3.8, 4) is 17.1 Å². The molecule has 0 fully saturated rings. The van der Waals surface area contributed by atoms with E-state index in [0.717, 1.165) is 29.3 Å². The van der Waals surface area contributed by atoms with Crippen LogP contribution in [0.5, 0.6) is 6.01 Å². The van der Waals surface area contributed by atoms with Crippen molar-refractivity contribution < 1.29 is 35.5 Å². The summed E-state index contributed by atoms with van der Waals surface area (Å²) < 4.78 is 95.1. The lowest BCUT2D eigenvalue weighted by molar-refractivity contribution is -0.154. The highest BCUT2D eigenvalue weighted by Crippen LogP contribution is 2.31. The average Bonchev–Trinajstić information content (AvgIpc) is 2.86. The molecule has 0 amide bonds. The summed E-state index contributed by atoms with van der Waals surface area (Å²) in [6, 6.07) is 16.5. The predicted octanol–water partition coefficient (Wildman–Crippen LogP) is 6.99. The summed E-state index contributed by atoms with van der Waals surface area (Å²) in [6.45, 7) is -1.55. The van der Waals surface area contributed by atoms with Gasteiger partial charge in [-0.05, 0) is 47.0 Å². The number of aromatic nitrogens is 3. The summed E-state index contributed by atoms with van der Waals surface area (Å²) in [5.41, 5.74) is 1.19. The standard InChI is InChI=1S/C25H18F7N5O/c26-19-5-1-3-17(11-19)16-9-7-15(8-10-16)13-33-21-35-22(37-23(36-21)38-14-24(27,28)29)34-20-6-2-4-18(12-20)25(30,31)32/h1-12H,13-14H2,(H2,33,34,35,36,37). The maximum atomic E-state index is 13.5.